The maximum atomic E-state index is 12.4. The highest BCUT2D eigenvalue weighted by molar-refractivity contribution is 5.69. The molecule has 262 valence electrons. The van der Waals surface area contributed by atoms with E-state index in [9.17, 15) is 9.59 Å². The van der Waals surface area contributed by atoms with Gasteiger partial charge in [0.2, 0.25) is 0 Å². The zero-order valence-corrected chi connectivity index (χ0v) is 29.9. The third-order valence-electron chi connectivity index (χ3n) is 8.60. The van der Waals surface area contributed by atoms with Gasteiger partial charge < -0.3 is 9.84 Å². The number of rotatable bonds is 35. The first-order valence-electron chi connectivity index (χ1n) is 19.5. The fourth-order valence-corrected chi connectivity index (χ4v) is 5.67. The lowest BCUT2D eigenvalue weighted by molar-refractivity contribution is -0.151. The minimum absolute atomic E-state index is 0.0686. The SMILES string of the molecule is CCCCC/C=C\C/C=C\CCCC/C=C\CCCCCCCC(=O)OC(CCCCCCCCCCCCC)CCC(=O)O. The Balaban J connectivity index is 3.73. The van der Waals surface area contributed by atoms with Gasteiger partial charge in [0, 0.05) is 12.8 Å². The van der Waals surface area contributed by atoms with Crippen molar-refractivity contribution in [1.82, 2.24) is 0 Å². The number of hydrogen-bond acceptors (Lipinski definition) is 3. The number of aliphatic carboxylic acids is 1. The maximum absolute atomic E-state index is 12.4. The molecule has 4 nitrogen and oxygen atoms in total. The summed E-state index contributed by atoms with van der Waals surface area (Å²) in [5.74, 6) is -0.967. The van der Waals surface area contributed by atoms with Crippen molar-refractivity contribution in [3.63, 3.8) is 0 Å². The molecular weight excluding hydrogens is 556 g/mol. The molecule has 0 saturated heterocycles. The highest BCUT2D eigenvalue weighted by atomic mass is 16.5. The van der Waals surface area contributed by atoms with E-state index < -0.39 is 5.97 Å². The van der Waals surface area contributed by atoms with E-state index in [-0.39, 0.29) is 18.5 Å². The van der Waals surface area contributed by atoms with Crippen LogP contribution in [0.3, 0.4) is 0 Å². The standard InChI is InChI=1S/C41H74O4/c1-3-5-7-9-11-13-15-16-17-18-19-20-21-22-23-24-26-28-30-32-34-36-41(44)45-39(37-38-40(42)43)35-33-31-29-27-25-14-12-10-8-6-4-2/h11,13,16-17,22-23,39H,3-10,12,14-15,18-21,24-38H2,1-2H3,(H,42,43)/b13-11-,17-16-,23-22-. The fourth-order valence-electron chi connectivity index (χ4n) is 5.67. The van der Waals surface area contributed by atoms with Crippen molar-refractivity contribution < 1.29 is 19.4 Å². The molecule has 0 aromatic rings. The van der Waals surface area contributed by atoms with Crippen LogP contribution >= 0.6 is 0 Å². The molecule has 0 heterocycles. The summed E-state index contributed by atoms with van der Waals surface area (Å²) in [5, 5.41) is 9.10. The average Bonchev–Trinajstić information content (AvgIpc) is 3.03. The van der Waals surface area contributed by atoms with Crippen LogP contribution in [0.4, 0.5) is 0 Å². The zero-order valence-electron chi connectivity index (χ0n) is 29.9. The van der Waals surface area contributed by atoms with Gasteiger partial charge >= 0.3 is 11.9 Å². The van der Waals surface area contributed by atoms with Crippen LogP contribution in [0.2, 0.25) is 0 Å². The van der Waals surface area contributed by atoms with Gasteiger partial charge in [-0.2, -0.15) is 0 Å². The molecule has 1 N–H and O–H groups in total. The number of esters is 1. The molecule has 0 aromatic carbocycles. The molecule has 0 amide bonds. The minimum Gasteiger partial charge on any atom is -0.481 e. The highest BCUT2D eigenvalue weighted by Gasteiger charge is 2.15. The Morgan fingerprint density at radius 3 is 1.42 bits per heavy atom. The molecule has 0 spiro atoms. The van der Waals surface area contributed by atoms with E-state index in [1.165, 1.54) is 122 Å². The Hall–Kier alpha value is -1.84. The second-order valence-electron chi connectivity index (χ2n) is 13.1. The number of carboxylic acids is 1. The van der Waals surface area contributed by atoms with Gasteiger partial charge in [-0.05, 0) is 83.5 Å². The highest BCUT2D eigenvalue weighted by Crippen LogP contribution is 2.17. The molecule has 1 unspecified atom stereocenters. The van der Waals surface area contributed by atoms with Crippen molar-refractivity contribution in [1.29, 1.82) is 0 Å². The molecule has 4 heteroatoms. The first-order valence-corrected chi connectivity index (χ1v) is 19.5. The number of carbonyl (C=O) groups excluding carboxylic acids is 1. The summed E-state index contributed by atoms with van der Waals surface area (Å²) < 4.78 is 5.72. The van der Waals surface area contributed by atoms with E-state index >= 15 is 0 Å². The number of carbonyl (C=O) groups is 2. The molecule has 0 aliphatic carbocycles. The molecule has 0 rings (SSSR count). The van der Waals surface area contributed by atoms with E-state index in [0.717, 1.165) is 51.4 Å². The first kappa shape index (κ1) is 43.2. The van der Waals surface area contributed by atoms with E-state index in [2.05, 4.69) is 50.3 Å². The monoisotopic (exact) mass is 631 g/mol. The lowest BCUT2D eigenvalue weighted by Crippen LogP contribution is -2.19. The van der Waals surface area contributed by atoms with E-state index in [4.69, 9.17) is 9.84 Å². The predicted molar refractivity (Wildman–Crippen MR) is 195 cm³/mol. The summed E-state index contributed by atoms with van der Waals surface area (Å²) in [6.07, 6.45) is 47.3. The van der Waals surface area contributed by atoms with Crippen LogP contribution in [0.25, 0.3) is 0 Å². The van der Waals surface area contributed by atoms with Crippen LogP contribution in [-0.4, -0.2) is 23.1 Å². The molecule has 0 aliphatic rings. The summed E-state index contributed by atoms with van der Waals surface area (Å²) in [7, 11) is 0. The fraction of sp³-hybridized carbons (Fsp3) is 0.805. The van der Waals surface area contributed by atoms with Gasteiger partial charge in [-0.15, -0.1) is 0 Å². The number of ether oxygens (including phenoxy) is 1. The summed E-state index contributed by atoms with van der Waals surface area (Å²) in [4.78, 5) is 23.5. The molecule has 45 heavy (non-hydrogen) atoms. The first-order chi connectivity index (χ1) is 22.1. The number of hydrogen-bond donors (Lipinski definition) is 1. The Kier molecular flexibility index (Phi) is 35.1. The third kappa shape index (κ3) is 36.5. The van der Waals surface area contributed by atoms with Crippen LogP contribution in [0, 0.1) is 0 Å². The Bertz CT molecular complexity index is 723. The molecule has 0 saturated carbocycles. The summed E-state index contributed by atoms with van der Waals surface area (Å²) >= 11 is 0. The number of unbranched alkanes of at least 4 members (excludes halogenated alkanes) is 21. The summed E-state index contributed by atoms with van der Waals surface area (Å²) in [6, 6.07) is 0. The van der Waals surface area contributed by atoms with E-state index in [0.29, 0.717) is 12.8 Å². The van der Waals surface area contributed by atoms with Crippen LogP contribution in [-0.2, 0) is 14.3 Å². The molecule has 0 fully saturated rings. The van der Waals surface area contributed by atoms with Crippen LogP contribution in [0.15, 0.2) is 36.5 Å². The largest absolute Gasteiger partial charge is 0.481 e. The Labute approximate surface area is 279 Å². The lowest BCUT2D eigenvalue weighted by Gasteiger charge is -2.17. The van der Waals surface area contributed by atoms with Gasteiger partial charge in [-0.3, -0.25) is 9.59 Å². The van der Waals surface area contributed by atoms with E-state index in [1.807, 2.05) is 0 Å². The van der Waals surface area contributed by atoms with Gasteiger partial charge in [-0.25, -0.2) is 0 Å². The van der Waals surface area contributed by atoms with Crippen molar-refractivity contribution in [3.8, 4) is 0 Å². The maximum Gasteiger partial charge on any atom is 0.306 e. The lowest BCUT2D eigenvalue weighted by atomic mass is 10.0. The van der Waals surface area contributed by atoms with Crippen LogP contribution in [0.5, 0.6) is 0 Å². The Morgan fingerprint density at radius 1 is 0.489 bits per heavy atom. The van der Waals surface area contributed by atoms with Gasteiger partial charge in [0.05, 0.1) is 0 Å². The Morgan fingerprint density at radius 2 is 0.889 bits per heavy atom. The van der Waals surface area contributed by atoms with Crippen molar-refractivity contribution in [2.45, 2.75) is 213 Å². The molecule has 1 atom stereocenters. The van der Waals surface area contributed by atoms with E-state index in [1.54, 1.807) is 0 Å². The quantitative estimate of drug-likeness (QED) is 0.0430. The van der Waals surface area contributed by atoms with Gasteiger partial charge in [0.1, 0.15) is 6.10 Å². The van der Waals surface area contributed by atoms with Gasteiger partial charge in [0.15, 0.2) is 0 Å². The molecule has 0 radical (unpaired) electrons. The smallest absolute Gasteiger partial charge is 0.306 e. The minimum atomic E-state index is -0.815. The van der Waals surface area contributed by atoms with Crippen molar-refractivity contribution >= 4 is 11.9 Å². The van der Waals surface area contributed by atoms with Crippen molar-refractivity contribution in [3.05, 3.63) is 36.5 Å². The zero-order chi connectivity index (χ0) is 32.9. The molecule has 0 aliphatic heterocycles. The normalized spacial score (nSPS) is 12.6. The second kappa shape index (κ2) is 36.6. The summed E-state index contributed by atoms with van der Waals surface area (Å²) in [6.45, 7) is 4.51. The number of carboxylic acid groups (broad SMARTS) is 1. The van der Waals surface area contributed by atoms with Gasteiger partial charge in [0.25, 0.3) is 0 Å². The predicted octanol–water partition coefficient (Wildman–Crippen LogP) is 13.4. The third-order valence-corrected chi connectivity index (χ3v) is 8.60. The van der Waals surface area contributed by atoms with Crippen molar-refractivity contribution in [2.75, 3.05) is 0 Å². The molecule has 0 bridgehead atoms. The van der Waals surface area contributed by atoms with Crippen molar-refractivity contribution in [2.24, 2.45) is 0 Å². The summed E-state index contributed by atoms with van der Waals surface area (Å²) in [5.41, 5.74) is 0. The van der Waals surface area contributed by atoms with Gasteiger partial charge in [-0.1, -0.05) is 147 Å². The van der Waals surface area contributed by atoms with Crippen LogP contribution in [0.1, 0.15) is 206 Å². The second-order valence-corrected chi connectivity index (χ2v) is 13.1. The molecule has 0 aromatic heterocycles. The molecular formula is C41H74O4. The average molecular weight is 631 g/mol. The number of allylic oxidation sites excluding steroid dienone is 6. The van der Waals surface area contributed by atoms with Crippen LogP contribution < -0.4 is 0 Å². The topological polar surface area (TPSA) is 63.6 Å².